The maximum absolute atomic E-state index is 12.2. The number of piperidine rings is 1. The third-order valence-electron chi connectivity index (χ3n) is 3.98. The largest absolute Gasteiger partial charge is 0.345 e. The van der Waals surface area contributed by atoms with Crippen molar-refractivity contribution in [3.05, 3.63) is 35.4 Å². The van der Waals surface area contributed by atoms with E-state index in [1.165, 1.54) is 11.1 Å². The predicted octanol–water partition coefficient (Wildman–Crippen LogP) is 2.37. The Morgan fingerprint density at radius 1 is 1.37 bits per heavy atom. The minimum atomic E-state index is 0.0340. The van der Waals surface area contributed by atoms with Crippen molar-refractivity contribution in [2.24, 2.45) is 5.92 Å². The van der Waals surface area contributed by atoms with E-state index in [0.717, 1.165) is 12.8 Å². The van der Waals surface area contributed by atoms with Crippen molar-refractivity contribution in [2.75, 3.05) is 13.6 Å². The average molecular weight is 259 g/mol. The molecule has 0 spiro atoms. The van der Waals surface area contributed by atoms with E-state index in [0.29, 0.717) is 25.2 Å². The molecular weight excluding hydrogens is 238 g/mol. The second-order valence-electron chi connectivity index (χ2n) is 5.40. The number of rotatable bonds is 4. The quantitative estimate of drug-likeness (QED) is 0.832. The molecule has 1 fully saturated rings. The minimum absolute atomic E-state index is 0.0340. The molecule has 0 aromatic heterocycles. The molecule has 1 aromatic rings. The number of ketones is 1. The molecule has 1 heterocycles. The first-order chi connectivity index (χ1) is 9.08. The van der Waals surface area contributed by atoms with Crippen LogP contribution in [-0.2, 0) is 16.0 Å². The SMILES string of the molecule is Cc1ccccc1CCC(=O)C1CCC(=O)N(C)C1. The molecule has 1 unspecified atom stereocenters. The van der Waals surface area contributed by atoms with Gasteiger partial charge in [0.2, 0.25) is 5.91 Å². The Balaban J connectivity index is 1.88. The summed E-state index contributed by atoms with van der Waals surface area (Å²) >= 11 is 0. The fourth-order valence-electron chi connectivity index (χ4n) is 2.63. The summed E-state index contributed by atoms with van der Waals surface area (Å²) in [4.78, 5) is 25.3. The molecule has 1 aliphatic rings. The topological polar surface area (TPSA) is 37.4 Å². The Morgan fingerprint density at radius 3 is 2.79 bits per heavy atom. The van der Waals surface area contributed by atoms with E-state index in [1.54, 1.807) is 11.9 Å². The van der Waals surface area contributed by atoms with Crippen LogP contribution in [0.5, 0.6) is 0 Å². The highest BCUT2D eigenvalue weighted by atomic mass is 16.2. The highest BCUT2D eigenvalue weighted by Gasteiger charge is 2.27. The molecular formula is C16H21NO2. The molecule has 3 nitrogen and oxygen atoms in total. The maximum Gasteiger partial charge on any atom is 0.222 e. The Kier molecular flexibility index (Phi) is 4.35. The maximum atomic E-state index is 12.2. The summed E-state index contributed by atoms with van der Waals surface area (Å²) in [6.45, 7) is 2.66. The molecule has 0 saturated carbocycles. The normalized spacial score (nSPS) is 19.6. The molecule has 19 heavy (non-hydrogen) atoms. The van der Waals surface area contributed by atoms with Gasteiger partial charge in [-0.3, -0.25) is 9.59 Å². The van der Waals surface area contributed by atoms with Gasteiger partial charge in [-0.1, -0.05) is 24.3 Å². The standard InChI is InChI=1S/C16H21NO2/c1-12-5-3-4-6-13(12)7-9-15(18)14-8-10-16(19)17(2)11-14/h3-6,14H,7-11H2,1-2H3. The summed E-state index contributed by atoms with van der Waals surface area (Å²) in [6.07, 6.45) is 2.62. The predicted molar refractivity (Wildman–Crippen MR) is 74.9 cm³/mol. The lowest BCUT2D eigenvalue weighted by atomic mass is 9.90. The van der Waals surface area contributed by atoms with Crippen molar-refractivity contribution in [3.8, 4) is 0 Å². The Labute approximate surface area is 114 Å². The molecule has 102 valence electrons. The highest BCUT2D eigenvalue weighted by molar-refractivity contribution is 5.85. The first-order valence-corrected chi connectivity index (χ1v) is 6.89. The van der Waals surface area contributed by atoms with Crippen LogP contribution < -0.4 is 0 Å². The van der Waals surface area contributed by atoms with Crippen LogP contribution in [0, 0.1) is 12.8 Å². The molecule has 1 saturated heterocycles. The van der Waals surface area contributed by atoms with Crippen molar-refractivity contribution < 1.29 is 9.59 Å². The number of likely N-dealkylation sites (tertiary alicyclic amines) is 1. The van der Waals surface area contributed by atoms with Gasteiger partial charge >= 0.3 is 0 Å². The first kappa shape index (κ1) is 13.8. The van der Waals surface area contributed by atoms with Crippen molar-refractivity contribution in [2.45, 2.75) is 32.6 Å². The average Bonchev–Trinajstić information content (AvgIpc) is 2.40. The van der Waals surface area contributed by atoms with Gasteiger partial charge in [0.1, 0.15) is 5.78 Å². The second-order valence-corrected chi connectivity index (χ2v) is 5.40. The van der Waals surface area contributed by atoms with Crippen LogP contribution in [0.15, 0.2) is 24.3 Å². The van der Waals surface area contributed by atoms with Gasteiger partial charge in [0.25, 0.3) is 0 Å². The molecule has 0 N–H and O–H groups in total. The van der Waals surface area contributed by atoms with Crippen LogP contribution in [0.3, 0.4) is 0 Å². The van der Waals surface area contributed by atoms with E-state index >= 15 is 0 Å². The summed E-state index contributed by atoms with van der Waals surface area (Å²) in [6, 6.07) is 8.19. The zero-order chi connectivity index (χ0) is 13.8. The molecule has 0 bridgehead atoms. The van der Waals surface area contributed by atoms with Crippen LogP contribution in [0.25, 0.3) is 0 Å². The lowest BCUT2D eigenvalue weighted by Crippen LogP contribution is -2.40. The number of carbonyl (C=O) groups excluding carboxylic acids is 2. The molecule has 3 heteroatoms. The molecule has 1 aromatic carbocycles. The van der Waals surface area contributed by atoms with E-state index < -0.39 is 0 Å². The minimum Gasteiger partial charge on any atom is -0.345 e. The van der Waals surface area contributed by atoms with Crippen LogP contribution in [0.1, 0.15) is 30.4 Å². The number of nitrogens with zero attached hydrogens (tertiary/aromatic N) is 1. The van der Waals surface area contributed by atoms with E-state index in [2.05, 4.69) is 19.1 Å². The monoisotopic (exact) mass is 259 g/mol. The number of amides is 1. The zero-order valence-corrected chi connectivity index (χ0v) is 11.7. The molecule has 1 amide bonds. The molecule has 2 rings (SSSR count). The second kappa shape index (κ2) is 6.00. The molecule has 0 aliphatic carbocycles. The number of Topliss-reactive ketones (excluding diaryl/α,β-unsaturated/α-hetero) is 1. The first-order valence-electron chi connectivity index (χ1n) is 6.89. The van der Waals surface area contributed by atoms with Gasteiger partial charge in [0.15, 0.2) is 0 Å². The Hall–Kier alpha value is -1.64. The summed E-state index contributed by atoms with van der Waals surface area (Å²) in [5.74, 6) is 0.484. The number of hydrogen-bond acceptors (Lipinski definition) is 2. The van der Waals surface area contributed by atoms with E-state index in [1.807, 2.05) is 12.1 Å². The fraction of sp³-hybridized carbons (Fsp3) is 0.500. The molecule has 1 atom stereocenters. The van der Waals surface area contributed by atoms with Crippen LogP contribution >= 0.6 is 0 Å². The van der Waals surface area contributed by atoms with Gasteiger partial charge in [-0.15, -0.1) is 0 Å². The summed E-state index contributed by atoms with van der Waals surface area (Å²) < 4.78 is 0. The zero-order valence-electron chi connectivity index (χ0n) is 11.7. The summed E-state index contributed by atoms with van der Waals surface area (Å²) in [5.41, 5.74) is 2.49. The lowest BCUT2D eigenvalue weighted by molar-refractivity contribution is -0.136. The lowest BCUT2D eigenvalue weighted by Gasteiger charge is -2.28. The van der Waals surface area contributed by atoms with Gasteiger partial charge in [-0.05, 0) is 30.9 Å². The van der Waals surface area contributed by atoms with E-state index in [-0.39, 0.29) is 11.8 Å². The van der Waals surface area contributed by atoms with Crippen LogP contribution in [0.4, 0.5) is 0 Å². The summed E-state index contributed by atoms with van der Waals surface area (Å²) in [7, 11) is 1.78. The van der Waals surface area contributed by atoms with Crippen LogP contribution in [0.2, 0.25) is 0 Å². The van der Waals surface area contributed by atoms with Crippen molar-refractivity contribution in [1.82, 2.24) is 4.90 Å². The van der Waals surface area contributed by atoms with Gasteiger partial charge < -0.3 is 4.90 Å². The van der Waals surface area contributed by atoms with Crippen molar-refractivity contribution in [1.29, 1.82) is 0 Å². The Morgan fingerprint density at radius 2 is 2.11 bits per heavy atom. The molecule has 1 aliphatic heterocycles. The van der Waals surface area contributed by atoms with Crippen LogP contribution in [-0.4, -0.2) is 30.2 Å². The number of carbonyl (C=O) groups is 2. The van der Waals surface area contributed by atoms with Crippen molar-refractivity contribution in [3.63, 3.8) is 0 Å². The fourth-order valence-corrected chi connectivity index (χ4v) is 2.63. The van der Waals surface area contributed by atoms with Crippen molar-refractivity contribution >= 4 is 11.7 Å². The Bertz CT molecular complexity index is 481. The van der Waals surface area contributed by atoms with Gasteiger partial charge in [0, 0.05) is 32.4 Å². The number of benzene rings is 1. The summed E-state index contributed by atoms with van der Waals surface area (Å²) in [5, 5.41) is 0. The van der Waals surface area contributed by atoms with E-state index in [4.69, 9.17) is 0 Å². The third-order valence-corrected chi connectivity index (χ3v) is 3.98. The van der Waals surface area contributed by atoms with E-state index in [9.17, 15) is 9.59 Å². The third kappa shape index (κ3) is 3.43. The number of aryl methyl sites for hydroxylation is 2. The number of hydrogen-bond donors (Lipinski definition) is 0. The highest BCUT2D eigenvalue weighted by Crippen LogP contribution is 2.20. The molecule has 0 radical (unpaired) electrons. The van der Waals surface area contributed by atoms with Gasteiger partial charge in [-0.2, -0.15) is 0 Å². The smallest absolute Gasteiger partial charge is 0.222 e. The van der Waals surface area contributed by atoms with Gasteiger partial charge in [0.05, 0.1) is 0 Å². The van der Waals surface area contributed by atoms with Gasteiger partial charge in [-0.25, -0.2) is 0 Å².